The Balaban J connectivity index is 2.08. The highest BCUT2D eigenvalue weighted by atomic mass is 16.5. The van der Waals surface area contributed by atoms with Gasteiger partial charge < -0.3 is 14.5 Å². The first-order valence-corrected chi connectivity index (χ1v) is 7.99. The highest BCUT2D eigenvalue weighted by molar-refractivity contribution is 5.79. The van der Waals surface area contributed by atoms with E-state index >= 15 is 0 Å². The molecule has 1 aromatic rings. The summed E-state index contributed by atoms with van der Waals surface area (Å²) in [6.07, 6.45) is 1.23. The zero-order chi connectivity index (χ0) is 17.0. The predicted octanol–water partition coefficient (Wildman–Crippen LogP) is 1.84. The third-order valence-electron chi connectivity index (χ3n) is 4.24. The Labute approximate surface area is 138 Å². The number of piperazine rings is 1. The molecule has 0 spiro atoms. The zero-order valence-corrected chi connectivity index (χ0v) is 14.5. The van der Waals surface area contributed by atoms with E-state index in [0.717, 1.165) is 23.3 Å². The second-order valence-corrected chi connectivity index (χ2v) is 6.98. The van der Waals surface area contributed by atoms with E-state index in [9.17, 15) is 9.59 Å². The van der Waals surface area contributed by atoms with Gasteiger partial charge in [-0.2, -0.15) is 0 Å². The summed E-state index contributed by atoms with van der Waals surface area (Å²) in [5.74, 6) is 0.967. The fourth-order valence-corrected chi connectivity index (χ4v) is 2.81. The Morgan fingerprint density at radius 2 is 1.87 bits per heavy atom. The monoisotopic (exact) mass is 318 g/mol. The second-order valence-electron chi connectivity index (χ2n) is 6.98. The van der Waals surface area contributed by atoms with Gasteiger partial charge in [0.15, 0.2) is 0 Å². The van der Waals surface area contributed by atoms with Crippen molar-refractivity contribution in [3.8, 4) is 5.75 Å². The lowest BCUT2D eigenvalue weighted by Crippen LogP contribution is -2.48. The van der Waals surface area contributed by atoms with E-state index in [1.807, 2.05) is 17.0 Å². The van der Waals surface area contributed by atoms with E-state index in [1.165, 1.54) is 0 Å². The summed E-state index contributed by atoms with van der Waals surface area (Å²) in [5, 5.41) is 0. The summed E-state index contributed by atoms with van der Waals surface area (Å²) in [6.45, 7) is 8.86. The molecule has 1 fully saturated rings. The lowest BCUT2D eigenvalue weighted by atomic mass is 9.85. The van der Waals surface area contributed by atoms with E-state index in [4.69, 9.17) is 4.74 Å². The van der Waals surface area contributed by atoms with Gasteiger partial charge >= 0.3 is 0 Å². The first-order chi connectivity index (χ1) is 10.8. The number of carbonyl (C=O) groups excluding carboxylic acids is 2. The molecular weight excluding hydrogens is 292 g/mol. The molecule has 1 aliphatic heterocycles. The van der Waals surface area contributed by atoms with Gasteiger partial charge in [-0.05, 0) is 22.6 Å². The molecule has 23 heavy (non-hydrogen) atoms. The van der Waals surface area contributed by atoms with Crippen LogP contribution in [0, 0.1) is 0 Å². The van der Waals surface area contributed by atoms with Crippen LogP contribution in [0.2, 0.25) is 0 Å². The topological polar surface area (TPSA) is 49.9 Å². The standard InChI is InChI=1S/C18H26N2O3/c1-18(2,3)15-11-14(5-6-16(15)23-4)12-17(22)20-9-7-19(13-21)8-10-20/h5-6,11,13H,7-10,12H2,1-4H3. The van der Waals surface area contributed by atoms with Crippen LogP contribution in [-0.4, -0.2) is 55.4 Å². The minimum atomic E-state index is -0.0417. The molecule has 126 valence electrons. The maximum Gasteiger partial charge on any atom is 0.227 e. The van der Waals surface area contributed by atoms with Crippen LogP contribution in [0.5, 0.6) is 5.75 Å². The molecule has 1 heterocycles. The predicted molar refractivity (Wildman–Crippen MR) is 89.6 cm³/mol. The van der Waals surface area contributed by atoms with Crippen LogP contribution >= 0.6 is 0 Å². The minimum Gasteiger partial charge on any atom is -0.496 e. The van der Waals surface area contributed by atoms with Crippen LogP contribution in [0.3, 0.4) is 0 Å². The average Bonchev–Trinajstić information content (AvgIpc) is 2.54. The smallest absolute Gasteiger partial charge is 0.227 e. The number of carbonyl (C=O) groups is 2. The molecule has 0 aromatic heterocycles. The number of nitrogens with zero attached hydrogens (tertiary/aromatic N) is 2. The zero-order valence-electron chi connectivity index (χ0n) is 14.5. The Hall–Kier alpha value is -2.04. The van der Waals surface area contributed by atoms with Gasteiger partial charge in [0.1, 0.15) is 5.75 Å². The summed E-state index contributed by atoms with van der Waals surface area (Å²) in [4.78, 5) is 26.7. The molecule has 0 unspecified atom stereocenters. The highest BCUT2D eigenvalue weighted by Crippen LogP contribution is 2.32. The molecule has 0 radical (unpaired) electrons. The van der Waals surface area contributed by atoms with Gasteiger partial charge in [-0.1, -0.05) is 32.9 Å². The third-order valence-corrected chi connectivity index (χ3v) is 4.24. The summed E-state index contributed by atoms with van der Waals surface area (Å²) in [6, 6.07) is 5.96. The molecule has 0 atom stereocenters. The molecule has 0 aliphatic carbocycles. The van der Waals surface area contributed by atoms with Crippen molar-refractivity contribution < 1.29 is 14.3 Å². The van der Waals surface area contributed by atoms with E-state index in [2.05, 4.69) is 26.8 Å². The van der Waals surface area contributed by atoms with Crippen LogP contribution in [0.15, 0.2) is 18.2 Å². The molecule has 1 aliphatic rings. The molecule has 1 aromatic carbocycles. The fourth-order valence-electron chi connectivity index (χ4n) is 2.81. The summed E-state index contributed by atoms with van der Waals surface area (Å²) >= 11 is 0. The molecule has 5 heteroatoms. The van der Waals surface area contributed by atoms with Gasteiger partial charge in [0, 0.05) is 26.2 Å². The van der Waals surface area contributed by atoms with Gasteiger partial charge in [-0.3, -0.25) is 9.59 Å². The molecule has 2 rings (SSSR count). The quantitative estimate of drug-likeness (QED) is 0.796. The molecule has 2 amide bonds. The number of rotatable bonds is 4. The van der Waals surface area contributed by atoms with Crippen LogP contribution in [0.25, 0.3) is 0 Å². The molecule has 0 N–H and O–H groups in total. The molecule has 5 nitrogen and oxygen atoms in total. The summed E-state index contributed by atoms with van der Waals surface area (Å²) < 4.78 is 5.44. The van der Waals surface area contributed by atoms with Crippen molar-refractivity contribution >= 4 is 12.3 Å². The average molecular weight is 318 g/mol. The number of hydrogen-bond donors (Lipinski definition) is 0. The lowest BCUT2D eigenvalue weighted by molar-refractivity contribution is -0.134. The normalized spacial score (nSPS) is 15.5. The van der Waals surface area contributed by atoms with Crippen LogP contribution < -0.4 is 4.74 Å². The lowest BCUT2D eigenvalue weighted by Gasteiger charge is -2.32. The first-order valence-electron chi connectivity index (χ1n) is 7.99. The van der Waals surface area contributed by atoms with Crippen LogP contribution in [-0.2, 0) is 21.4 Å². The number of methoxy groups -OCH3 is 1. The third kappa shape index (κ3) is 4.24. The van der Waals surface area contributed by atoms with Crippen LogP contribution in [0.1, 0.15) is 31.9 Å². The number of hydrogen-bond acceptors (Lipinski definition) is 3. The SMILES string of the molecule is COc1ccc(CC(=O)N2CCN(C=O)CC2)cc1C(C)(C)C. The van der Waals surface area contributed by atoms with Gasteiger partial charge in [-0.25, -0.2) is 0 Å². The maximum absolute atomic E-state index is 12.5. The Morgan fingerprint density at radius 3 is 2.39 bits per heavy atom. The molecule has 0 saturated carbocycles. The van der Waals surface area contributed by atoms with Crippen LogP contribution in [0.4, 0.5) is 0 Å². The van der Waals surface area contributed by atoms with Gasteiger partial charge in [0.2, 0.25) is 12.3 Å². The van der Waals surface area contributed by atoms with Gasteiger partial charge in [0.25, 0.3) is 0 Å². The van der Waals surface area contributed by atoms with Gasteiger partial charge in [-0.15, -0.1) is 0 Å². The van der Waals surface area contributed by atoms with Crippen molar-refractivity contribution in [2.45, 2.75) is 32.6 Å². The number of benzene rings is 1. The fraction of sp³-hybridized carbons (Fsp3) is 0.556. The second kappa shape index (κ2) is 7.02. The van der Waals surface area contributed by atoms with E-state index in [1.54, 1.807) is 12.0 Å². The van der Waals surface area contributed by atoms with Crippen molar-refractivity contribution in [1.29, 1.82) is 0 Å². The number of ether oxygens (including phenoxy) is 1. The number of amides is 2. The highest BCUT2D eigenvalue weighted by Gasteiger charge is 2.22. The minimum absolute atomic E-state index is 0.0417. The Bertz CT molecular complexity index is 570. The molecule has 0 bridgehead atoms. The van der Waals surface area contributed by atoms with E-state index < -0.39 is 0 Å². The largest absolute Gasteiger partial charge is 0.496 e. The van der Waals surface area contributed by atoms with Crippen molar-refractivity contribution in [1.82, 2.24) is 9.80 Å². The molecule has 1 saturated heterocycles. The Kier molecular flexibility index (Phi) is 5.29. The van der Waals surface area contributed by atoms with Crippen molar-refractivity contribution in [3.63, 3.8) is 0 Å². The van der Waals surface area contributed by atoms with Gasteiger partial charge in [0.05, 0.1) is 13.5 Å². The van der Waals surface area contributed by atoms with Crippen molar-refractivity contribution in [3.05, 3.63) is 29.3 Å². The summed E-state index contributed by atoms with van der Waals surface area (Å²) in [7, 11) is 1.67. The van der Waals surface area contributed by atoms with Crippen molar-refractivity contribution in [2.24, 2.45) is 0 Å². The Morgan fingerprint density at radius 1 is 1.22 bits per heavy atom. The molecular formula is C18H26N2O3. The van der Waals surface area contributed by atoms with E-state index in [0.29, 0.717) is 32.6 Å². The maximum atomic E-state index is 12.5. The summed E-state index contributed by atoms with van der Waals surface area (Å²) in [5.41, 5.74) is 2.06. The van der Waals surface area contributed by atoms with E-state index in [-0.39, 0.29) is 11.3 Å². The first kappa shape index (κ1) is 17.3. The van der Waals surface area contributed by atoms with Crippen molar-refractivity contribution in [2.75, 3.05) is 33.3 Å².